The molecule has 2 aromatic carbocycles. The fourth-order valence-corrected chi connectivity index (χ4v) is 12.6. The number of pyridine rings is 1. The zero-order chi connectivity index (χ0) is 55.4. The molecule has 0 unspecified atom stereocenters. The van der Waals surface area contributed by atoms with E-state index in [9.17, 15) is 34.8 Å². The van der Waals surface area contributed by atoms with Crippen LogP contribution in [0.5, 0.6) is 5.75 Å². The summed E-state index contributed by atoms with van der Waals surface area (Å²) in [5, 5.41) is 35.8. The number of carbonyl (C=O) groups is 4. The second-order valence-electron chi connectivity index (χ2n) is 23.4. The molecule has 3 N–H and O–H groups in total. The number of likely N-dealkylation sites (tertiary alicyclic amines) is 1. The summed E-state index contributed by atoms with van der Waals surface area (Å²) in [7, 11) is 0. The Bertz CT molecular complexity index is 2820. The second kappa shape index (κ2) is 23.6. The SMILES string of the molecule is Cc1ncsc1-c1ccc([C@H](C)NC(=O)[C@@H]2C[C@@H](O)CN2C(=O)[C@@H](OC(=O)CN2CCN(CCCN3CCN(c4ccc(C(=O)NC5C(C)(C)C(Oc6ccc(C#N)c(C#N)c6)C5(C)C)cn4)CC3)CC2)C(C)(C)C)cc1. The number of aromatic nitrogens is 2. The molecule has 0 spiro atoms. The Balaban J connectivity index is 0.729. The number of piperazine rings is 2. The Morgan fingerprint density at radius 2 is 1.49 bits per heavy atom. The van der Waals surface area contributed by atoms with Crippen LogP contribution >= 0.6 is 11.3 Å². The molecular weight excluding hydrogens is 995 g/mol. The molecule has 8 rings (SSSR count). The largest absolute Gasteiger partial charge is 0.489 e. The minimum Gasteiger partial charge on any atom is -0.489 e. The van der Waals surface area contributed by atoms with E-state index in [1.807, 2.05) is 82.6 Å². The van der Waals surface area contributed by atoms with Crippen LogP contribution in [0, 0.1) is 45.8 Å². The van der Waals surface area contributed by atoms with Crippen molar-refractivity contribution in [1.29, 1.82) is 10.5 Å². The summed E-state index contributed by atoms with van der Waals surface area (Å²) in [6, 6.07) is 19.3. The van der Waals surface area contributed by atoms with E-state index in [1.54, 1.807) is 35.7 Å². The van der Waals surface area contributed by atoms with Crippen molar-refractivity contribution in [3.05, 3.63) is 94.3 Å². The number of carbonyl (C=O) groups excluding carboxylic acids is 4. The summed E-state index contributed by atoms with van der Waals surface area (Å²) in [6.07, 6.45) is 0.472. The van der Waals surface area contributed by atoms with E-state index in [0.29, 0.717) is 30.0 Å². The van der Waals surface area contributed by atoms with Crippen LogP contribution < -0.4 is 20.3 Å². The van der Waals surface area contributed by atoms with E-state index in [0.717, 1.165) is 86.3 Å². The van der Waals surface area contributed by atoms with E-state index in [1.165, 1.54) is 4.90 Å². The molecule has 0 radical (unpaired) electrons. The first-order chi connectivity index (χ1) is 36.6. The number of nitriles is 2. The van der Waals surface area contributed by atoms with Gasteiger partial charge in [0.25, 0.3) is 11.8 Å². The van der Waals surface area contributed by atoms with E-state index in [4.69, 9.17) is 14.5 Å². The van der Waals surface area contributed by atoms with E-state index in [-0.39, 0.29) is 55.1 Å². The number of ether oxygens (including phenoxy) is 2. The van der Waals surface area contributed by atoms with Crippen LogP contribution in [0.1, 0.15) is 107 Å². The van der Waals surface area contributed by atoms with Crippen molar-refractivity contribution >= 4 is 40.8 Å². The molecule has 77 heavy (non-hydrogen) atoms. The first kappa shape index (κ1) is 56.7. The molecule has 4 aromatic rings. The van der Waals surface area contributed by atoms with Crippen LogP contribution in [0.2, 0.25) is 0 Å². The number of nitrogens with one attached hydrogen (secondary N) is 2. The standard InChI is InChI=1S/C58H75N11O7S/c1-37(39-11-13-40(14-12-39)49-38(2)62-36-77-49)63-52(73)46-30-44(70)34-69(46)53(74)50(56(3,4)5)76-48(71)35-67-23-21-65(22-24-67)19-10-20-66-25-27-68(28-26-66)47-18-16-42(33-61-47)51(72)64-54-57(6,7)55(58(54,8)9)75-45-17-15-41(31-59)43(29-45)32-60/h11-18,29,33,36-37,44,46,50,54-55,70H,10,19-28,30,34-35H2,1-9H3,(H,63,73)(H,64,72)/t37-,44+,46-,50+,54?,55?/m0/s1. The van der Waals surface area contributed by atoms with Crippen LogP contribution in [0.4, 0.5) is 5.82 Å². The van der Waals surface area contributed by atoms with Crippen LogP contribution in [0.15, 0.2) is 66.3 Å². The third-order valence-electron chi connectivity index (χ3n) is 16.0. The number of hydrogen-bond acceptors (Lipinski definition) is 16. The average Bonchev–Trinajstić information content (AvgIpc) is 4.20. The number of esters is 1. The van der Waals surface area contributed by atoms with Crippen molar-refractivity contribution in [1.82, 2.24) is 40.2 Å². The lowest BCUT2D eigenvalue weighted by molar-refractivity contribution is -0.169. The predicted octanol–water partition coefficient (Wildman–Crippen LogP) is 5.80. The number of β-amino-alcohol motifs (C(OH)–C–C–N with tert-alkyl or cyclic N) is 1. The minimum atomic E-state index is -1.14. The Hall–Kier alpha value is -6.48. The molecule has 4 fully saturated rings. The summed E-state index contributed by atoms with van der Waals surface area (Å²) in [5.74, 6) is -0.192. The van der Waals surface area contributed by atoms with Gasteiger partial charge < -0.3 is 39.9 Å². The molecule has 410 valence electrons. The van der Waals surface area contributed by atoms with Gasteiger partial charge in [-0.3, -0.25) is 29.0 Å². The number of hydrogen-bond donors (Lipinski definition) is 3. The number of benzene rings is 2. The van der Waals surface area contributed by atoms with E-state index >= 15 is 0 Å². The zero-order valence-corrected chi connectivity index (χ0v) is 46.9. The van der Waals surface area contributed by atoms with Crippen molar-refractivity contribution in [3.63, 3.8) is 0 Å². The maximum atomic E-state index is 14.2. The molecule has 3 amide bonds. The van der Waals surface area contributed by atoms with Crippen LogP contribution in [-0.2, 0) is 19.1 Å². The fraction of sp³-hybridized carbons (Fsp3) is 0.552. The van der Waals surface area contributed by atoms with Crippen molar-refractivity contribution in [3.8, 4) is 28.3 Å². The number of anilines is 1. The normalized spacial score (nSPS) is 22.4. The maximum Gasteiger partial charge on any atom is 0.320 e. The number of thiazole rings is 1. The van der Waals surface area contributed by atoms with Crippen molar-refractivity contribution in [2.75, 3.05) is 83.4 Å². The summed E-state index contributed by atoms with van der Waals surface area (Å²) >= 11 is 1.58. The molecule has 3 saturated heterocycles. The highest BCUT2D eigenvalue weighted by molar-refractivity contribution is 7.13. The monoisotopic (exact) mass is 1070 g/mol. The fourth-order valence-electron chi connectivity index (χ4n) is 11.8. The van der Waals surface area contributed by atoms with Gasteiger partial charge in [0.1, 0.15) is 35.9 Å². The number of amides is 3. The number of aliphatic hydroxyl groups excluding tert-OH is 1. The highest BCUT2D eigenvalue weighted by Gasteiger charge is 2.64. The molecule has 4 aliphatic rings. The summed E-state index contributed by atoms with van der Waals surface area (Å²) in [5.41, 5.74) is 4.19. The van der Waals surface area contributed by atoms with Gasteiger partial charge in [0.05, 0.1) is 51.5 Å². The molecule has 1 saturated carbocycles. The Labute approximate surface area is 457 Å². The van der Waals surface area contributed by atoms with E-state index < -0.39 is 46.4 Å². The minimum absolute atomic E-state index is 0.0254. The van der Waals surface area contributed by atoms with Gasteiger partial charge in [0.15, 0.2) is 6.10 Å². The lowest BCUT2D eigenvalue weighted by Crippen LogP contribution is -2.74. The highest BCUT2D eigenvalue weighted by atomic mass is 32.1. The lowest BCUT2D eigenvalue weighted by Gasteiger charge is -2.63. The molecule has 4 atom stereocenters. The third-order valence-corrected chi connectivity index (χ3v) is 17.0. The summed E-state index contributed by atoms with van der Waals surface area (Å²) < 4.78 is 12.4. The Morgan fingerprint density at radius 3 is 2.08 bits per heavy atom. The molecule has 0 bridgehead atoms. The number of nitrogens with zero attached hydrogens (tertiary/aromatic N) is 9. The van der Waals surface area contributed by atoms with Gasteiger partial charge >= 0.3 is 5.97 Å². The van der Waals surface area contributed by atoms with E-state index in [2.05, 4.69) is 69.0 Å². The van der Waals surface area contributed by atoms with Gasteiger partial charge in [0.2, 0.25) is 5.91 Å². The second-order valence-corrected chi connectivity index (χ2v) is 24.3. The molecule has 1 aliphatic carbocycles. The van der Waals surface area contributed by atoms with Gasteiger partial charge in [-0.05, 0) is 74.8 Å². The van der Waals surface area contributed by atoms with Gasteiger partial charge in [0, 0.05) is 93.8 Å². The van der Waals surface area contributed by atoms with Crippen molar-refractivity contribution in [2.24, 2.45) is 16.2 Å². The molecular formula is C58H75N11O7S. The number of aryl methyl sites for hydroxylation is 1. The summed E-state index contributed by atoms with van der Waals surface area (Å²) in [4.78, 5) is 75.8. The predicted molar refractivity (Wildman–Crippen MR) is 294 cm³/mol. The van der Waals surface area contributed by atoms with Gasteiger partial charge in [-0.25, -0.2) is 9.97 Å². The van der Waals surface area contributed by atoms with Crippen molar-refractivity contribution in [2.45, 2.75) is 112 Å². The van der Waals surface area contributed by atoms with Gasteiger partial charge in [-0.1, -0.05) is 72.7 Å². The smallest absolute Gasteiger partial charge is 0.320 e. The molecule has 5 heterocycles. The van der Waals surface area contributed by atoms with Crippen LogP contribution in [-0.4, -0.2) is 167 Å². The molecule has 3 aliphatic heterocycles. The number of aliphatic hydroxyl groups is 1. The van der Waals surface area contributed by atoms with Gasteiger partial charge in [-0.2, -0.15) is 10.5 Å². The third kappa shape index (κ3) is 12.9. The van der Waals surface area contributed by atoms with Crippen LogP contribution in [0.25, 0.3) is 10.4 Å². The average molecular weight is 1070 g/mol. The first-order valence-corrected chi connectivity index (χ1v) is 27.7. The Kier molecular flexibility index (Phi) is 17.4. The first-order valence-electron chi connectivity index (χ1n) is 26.9. The Morgan fingerprint density at radius 1 is 0.857 bits per heavy atom. The zero-order valence-electron chi connectivity index (χ0n) is 46.0. The number of rotatable bonds is 17. The quantitative estimate of drug-likeness (QED) is 0.107. The topological polar surface area (TPSA) is 221 Å². The molecule has 19 heteroatoms. The summed E-state index contributed by atoms with van der Waals surface area (Å²) in [6.45, 7) is 26.0. The van der Waals surface area contributed by atoms with Crippen molar-refractivity contribution < 1.29 is 33.8 Å². The van der Waals surface area contributed by atoms with Gasteiger partial charge in [-0.15, -0.1) is 11.3 Å². The molecule has 2 aromatic heterocycles. The van der Waals surface area contributed by atoms with Crippen LogP contribution in [0.3, 0.4) is 0 Å². The maximum absolute atomic E-state index is 14.2. The lowest BCUT2D eigenvalue weighted by atomic mass is 9.49. The highest BCUT2D eigenvalue weighted by Crippen LogP contribution is 2.55. The molecule has 18 nitrogen and oxygen atoms in total.